The number of nitrogens with zero attached hydrogens (tertiary/aromatic N) is 1. The van der Waals surface area contributed by atoms with Gasteiger partial charge in [-0.05, 0) is 38.3 Å². The van der Waals surface area contributed by atoms with Gasteiger partial charge in [-0.25, -0.2) is 4.98 Å². The molecule has 0 aliphatic heterocycles. The van der Waals surface area contributed by atoms with Crippen LogP contribution in [0.2, 0.25) is 0 Å². The standard InChI is InChI=1S/C13H16N4O/c1-13(3-2-4-13)17-11-6-10-8(5-9(11)14)12(18)16-7-15-10/h5-7,17H,2-4,14H2,1H3,(H,15,16,18). The molecule has 1 heterocycles. The molecule has 0 radical (unpaired) electrons. The second kappa shape index (κ2) is 3.73. The third-order valence-corrected chi connectivity index (χ3v) is 3.71. The number of hydrogen-bond acceptors (Lipinski definition) is 4. The molecule has 2 aromatic rings. The summed E-state index contributed by atoms with van der Waals surface area (Å²) in [6.07, 6.45) is 4.95. The Hall–Kier alpha value is -2.04. The first kappa shape index (κ1) is 11.1. The molecule has 5 heteroatoms. The van der Waals surface area contributed by atoms with Crippen molar-refractivity contribution in [2.24, 2.45) is 0 Å². The highest BCUT2D eigenvalue weighted by Gasteiger charge is 2.31. The number of rotatable bonds is 2. The molecule has 1 aliphatic rings. The highest BCUT2D eigenvalue weighted by Crippen LogP contribution is 2.36. The van der Waals surface area contributed by atoms with Crippen LogP contribution < -0.4 is 16.6 Å². The van der Waals surface area contributed by atoms with Crippen molar-refractivity contribution in [2.75, 3.05) is 11.1 Å². The van der Waals surface area contributed by atoms with E-state index in [4.69, 9.17) is 5.73 Å². The Bertz CT molecular complexity index is 658. The van der Waals surface area contributed by atoms with E-state index in [0.717, 1.165) is 18.5 Å². The van der Waals surface area contributed by atoms with E-state index in [-0.39, 0.29) is 11.1 Å². The van der Waals surface area contributed by atoms with Gasteiger partial charge in [-0.3, -0.25) is 4.79 Å². The monoisotopic (exact) mass is 244 g/mol. The fraction of sp³-hybridized carbons (Fsp3) is 0.385. The zero-order valence-corrected chi connectivity index (χ0v) is 10.3. The number of fused-ring (bicyclic) bond motifs is 1. The summed E-state index contributed by atoms with van der Waals surface area (Å²) in [4.78, 5) is 18.3. The van der Waals surface area contributed by atoms with Gasteiger partial charge in [0.2, 0.25) is 0 Å². The van der Waals surface area contributed by atoms with Crippen LogP contribution in [-0.4, -0.2) is 15.5 Å². The Balaban J connectivity index is 2.07. The molecular formula is C13H16N4O. The second-order valence-electron chi connectivity index (χ2n) is 5.23. The lowest BCUT2D eigenvalue weighted by molar-refractivity contribution is 0.307. The van der Waals surface area contributed by atoms with Gasteiger partial charge in [0.1, 0.15) is 0 Å². The molecule has 0 amide bonds. The lowest BCUT2D eigenvalue weighted by atomic mass is 9.78. The average molecular weight is 244 g/mol. The molecule has 0 saturated heterocycles. The Morgan fingerprint density at radius 3 is 2.89 bits per heavy atom. The van der Waals surface area contributed by atoms with Crippen LogP contribution in [0.4, 0.5) is 11.4 Å². The summed E-state index contributed by atoms with van der Waals surface area (Å²) in [6, 6.07) is 3.54. The third kappa shape index (κ3) is 1.72. The molecule has 1 saturated carbocycles. The molecule has 0 spiro atoms. The summed E-state index contributed by atoms with van der Waals surface area (Å²) in [5.74, 6) is 0. The maximum absolute atomic E-state index is 11.6. The molecular weight excluding hydrogens is 228 g/mol. The smallest absolute Gasteiger partial charge is 0.258 e. The van der Waals surface area contributed by atoms with E-state index in [1.54, 1.807) is 6.07 Å². The third-order valence-electron chi connectivity index (χ3n) is 3.71. The van der Waals surface area contributed by atoms with Crippen LogP contribution in [-0.2, 0) is 0 Å². The molecule has 0 unspecified atom stereocenters. The second-order valence-corrected chi connectivity index (χ2v) is 5.23. The highest BCUT2D eigenvalue weighted by molar-refractivity contribution is 5.88. The molecule has 4 N–H and O–H groups in total. The molecule has 1 aliphatic carbocycles. The molecule has 94 valence electrons. The largest absolute Gasteiger partial charge is 0.397 e. The van der Waals surface area contributed by atoms with Gasteiger partial charge < -0.3 is 16.0 Å². The number of nitrogens with one attached hydrogen (secondary N) is 2. The van der Waals surface area contributed by atoms with Crippen LogP contribution in [0, 0.1) is 0 Å². The molecule has 0 atom stereocenters. The van der Waals surface area contributed by atoms with Crippen LogP contribution in [0.5, 0.6) is 0 Å². The molecule has 5 nitrogen and oxygen atoms in total. The quantitative estimate of drug-likeness (QED) is 0.704. The lowest BCUT2D eigenvalue weighted by Crippen LogP contribution is -2.41. The van der Waals surface area contributed by atoms with Crippen LogP contribution >= 0.6 is 0 Å². The number of aromatic nitrogens is 2. The van der Waals surface area contributed by atoms with Crippen LogP contribution in [0.15, 0.2) is 23.3 Å². The zero-order chi connectivity index (χ0) is 12.8. The van der Waals surface area contributed by atoms with Crippen molar-refractivity contribution in [3.8, 4) is 0 Å². The van der Waals surface area contributed by atoms with Crippen molar-refractivity contribution in [3.05, 3.63) is 28.8 Å². The van der Waals surface area contributed by atoms with Crippen molar-refractivity contribution >= 4 is 22.3 Å². The summed E-state index contributed by atoms with van der Waals surface area (Å²) in [7, 11) is 0. The number of nitrogens with two attached hydrogens (primary N) is 1. The fourth-order valence-corrected chi connectivity index (χ4v) is 2.40. The summed E-state index contributed by atoms with van der Waals surface area (Å²) in [5, 5.41) is 3.98. The van der Waals surface area contributed by atoms with Gasteiger partial charge in [-0.1, -0.05) is 0 Å². The van der Waals surface area contributed by atoms with Crippen molar-refractivity contribution in [1.82, 2.24) is 9.97 Å². The van der Waals surface area contributed by atoms with Gasteiger partial charge in [-0.15, -0.1) is 0 Å². The van der Waals surface area contributed by atoms with E-state index < -0.39 is 0 Å². The topological polar surface area (TPSA) is 83.8 Å². The summed E-state index contributed by atoms with van der Waals surface area (Å²) >= 11 is 0. The Labute approximate surface area is 104 Å². The summed E-state index contributed by atoms with van der Waals surface area (Å²) in [6.45, 7) is 2.19. The predicted molar refractivity (Wildman–Crippen MR) is 72.7 cm³/mol. The van der Waals surface area contributed by atoms with E-state index in [1.165, 1.54) is 12.7 Å². The van der Waals surface area contributed by atoms with E-state index in [2.05, 4.69) is 22.2 Å². The van der Waals surface area contributed by atoms with Crippen molar-refractivity contribution in [1.29, 1.82) is 0 Å². The lowest BCUT2D eigenvalue weighted by Gasteiger charge is -2.40. The average Bonchev–Trinajstić information content (AvgIpc) is 2.29. The predicted octanol–water partition coefficient (Wildman–Crippen LogP) is 1.86. The molecule has 1 fully saturated rings. The summed E-state index contributed by atoms with van der Waals surface area (Å²) < 4.78 is 0. The zero-order valence-electron chi connectivity index (χ0n) is 10.3. The molecule has 0 bridgehead atoms. The first-order valence-electron chi connectivity index (χ1n) is 6.13. The first-order valence-corrected chi connectivity index (χ1v) is 6.13. The highest BCUT2D eigenvalue weighted by atomic mass is 16.1. The Kier molecular flexibility index (Phi) is 2.29. The number of anilines is 2. The number of nitrogen functional groups attached to an aromatic ring is 1. The fourth-order valence-electron chi connectivity index (χ4n) is 2.40. The SMILES string of the molecule is CC1(Nc2cc3nc[nH]c(=O)c3cc2N)CCC1. The first-order chi connectivity index (χ1) is 8.57. The Morgan fingerprint density at radius 1 is 1.44 bits per heavy atom. The van der Waals surface area contributed by atoms with Gasteiger partial charge in [0.05, 0.1) is 28.6 Å². The number of hydrogen-bond donors (Lipinski definition) is 3. The van der Waals surface area contributed by atoms with Crippen LogP contribution in [0.25, 0.3) is 10.9 Å². The summed E-state index contributed by atoms with van der Waals surface area (Å²) in [5.41, 5.74) is 8.09. The van der Waals surface area contributed by atoms with Crippen molar-refractivity contribution in [2.45, 2.75) is 31.7 Å². The van der Waals surface area contributed by atoms with E-state index >= 15 is 0 Å². The van der Waals surface area contributed by atoms with Crippen LogP contribution in [0.1, 0.15) is 26.2 Å². The maximum Gasteiger partial charge on any atom is 0.258 e. The minimum Gasteiger partial charge on any atom is -0.397 e. The number of benzene rings is 1. The number of H-pyrrole nitrogens is 1. The van der Waals surface area contributed by atoms with Gasteiger partial charge in [0, 0.05) is 5.54 Å². The van der Waals surface area contributed by atoms with Crippen LogP contribution in [0.3, 0.4) is 0 Å². The van der Waals surface area contributed by atoms with Crippen molar-refractivity contribution in [3.63, 3.8) is 0 Å². The minimum absolute atomic E-state index is 0.128. The Morgan fingerprint density at radius 2 is 2.22 bits per heavy atom. The number of aromatic amines is 1. The molecule has 1 aromatic carbocycles. The maximum atomic E-state index is 11.6. The molecule has 1 aromatic heterocycles. The van der Waals surface area contributed by atoms with Crippen molar-refractivity contribution < 1.29 is 0 Å². The van der Waals surface area contributed by atoms with E-state index in [9.17, 15) is 4.79 Å². The van der Waals surface area contributed by atoms with Gasteiger partial charge in [-0.2, -0.15) is 0 Å². The molecule has 18 heavy (non-hydrogen) atoms. The minimum atomic E-state index is -0.159. The van der Waals surface area contributed by atoms with E-state index in [0.29, 0.717) is 16.6 Å². The van der Waals surface area contributed by atoms with E-state index in [1.807, 2.05) is 6.07 Å². The normalized spacial score (nSPS) is 17.4. The molecule has 3 rings (SSSR count). The van der Waals surface area contributed by atoms with Gasteiger partial charge in [0.15, 0.2) is 0 Å². The van der Waals surface area contributed by atoms with Gasteiger partial charge in [0.25, 0.3) is 5.56 Å². The van der Waals surface area contributed by atoms with Gasteiger partial charge >= 0.3 is 0 Å².